The summed E-state index contributed by atoms with van der Waals surface area (Å²) in [5.74, 6) is 0.565. The van der Waals surface area contributed by atoms with Crippen LogP contribution in [0.1, 0.15) is 17.7 Å². The number of piperidine rings is 1. The number of fused-ring (bicyclic) bond motifs is 1. The van der Waals surface area contributed by atoms with Crippen molar-refractivity contribution in [1.29, 1.82) is 0 Å². The van der Waals surface area contributed by atoms with Crippen LogP contribution in [0.5, 0.6) is 5.75 Å². The lowest BCUT2D eigenvalue weighted by atomic mass is 9.96. The minimum absolute atomic E-state index is 0.213. The molecule has 1 N–H and O–H groups in total. The zero-order chi connectivity index (χ0) is 19.8. The number of aromatic nitrogens is 2. The van der Waals surface area contributed by atoms with Gasteiger partial charge in [0.25, 0.3) is 0 Å². The molecule has 1 aliphatic heterocycles. The molecule has 0 unspecified atom stereocenters. The van der Waals surface area contributed by atoms with Gasteiger partial charge >= 0.3 is 5.97 Å². The number of methoxy groups -OCH3 is 1. The van der Waals surface area contributed by atoms with Gasteiger partial charge in [0.1, 0.15) is 16.4 Å². The monoisotopic (exact) mass is 417 g/mol. The number of anilines is 1. The Balaban J connectivity index is 1.81. The molecule has 3 heterocycles. The van der Waals surface area contributed by atoms with Crippen LogP contribution in [0, 0.1) is 12.8 Å². The molecule has 1 saturated heterocycles. The highest BCUT2D eigenvalue weighted by molar-refractivity contribution is 7.19. The second-order valence-electron chi connectivity index (χ2n) is 6.86. The van der Waals surface area contributed by atoms with Crippen molar-refractivity contribution in [3.63, 3.8) is 0 Å². The maximum absolute atomic E-state index is 11.3. The van der Waals surface area contributed by atoms with Crippen molar-refractivity contribution < 1.29 is 14.6 Å². The van der Waals surface area contributed by atoms with Crippen LogP contribution >= 0.6 is 22.9 Å². The molecule has 1 aliphatic rings. The van der Waals surface area contributed by atoms with Crippen molar-refractivity contribution in [1.82, 2.24) is 9.97 Å². The fraction of sp³-hybridized carbons (Fsp3) is 0.350. The summed E-state index contributed by atoms with van der Waals surface area (Å²) in [6, 6.07) is 7.94. The predicted octanol–water partition coefficient (Wildman–Crippen LogP) is 4.63. The number of hydrogen-bond acceptors (Lipinski definition) is 6. The van der Waals surface area contributed by atoms with Gasteiger partial charge in [0.05, 0.1) is 18.4 Å². The molecule has 0 atom stereocenters. The second-order valence-corrected chi connectivity index (χ2v) is 8.40. The molecule has 2 aromatic heterocycles. The zero-order valence-electron chi connectivity index (χ0n) is 15.6. The van der Waals surface area contributed by atoms with Crippen LogP contribution < -0.4 is 9.64 Å². The second kappa shape index (κ2) is 7.56. The van der Waals surface area contributed by atoms with Crippen LogP contribution in [-0.4, -0.2) is 41.2 Å². The smallest absolute Gasteiger partial charge is 0.306 e. The van der Waals surface area contributed by atoms with Crippen molar-refractivity contribution in [3.05, 3.63) is 34.4 Å². The molecular formula is C20H20ClN3O3S. The van der Waals surface area contributed by atoms with Gasteiger partial charge in [-0.3, -0.25) is 4.79 Å². The molecule has 6 nitrogen and oxygen atoms in total. The number of aryl methyl sites for hydroxylation is 1. The Kier molecular flexibility index (Phi) is 5.12. The summed E-state index contributed by atoms with van der Waals surface area (Å²) < 4.78 is 5.27. The Morgan fingerprint density at radius 2 is 1.93 bits per heavy atom. The number of aliphatic carboxylic acids is 1. The molecule has 4 rings (SSSR count). The maximum atomic E-state index is 11.3. The van der Waals surface area contributed by atoms with E-state index in [9.17, 15) is 9.90 Å². The highest BCUT2D eigenvalue weighted by Crippen LogP contribution is 2.43. The first-order valence-electron chi connectivity index (χ1n) is 9.06. The summed E-state index contributed by atoms with van der Waals surface area (Å²) in [4.78, 5) is 24.4. The summed E-state index contributed by atoms with van der Waals surface area (Å²) in [6.45, 7) is 3.34. The first kappa shape index (κ1) is 19.0. The molecule has 28 heavy (non-hydrogen) atoms. The quantitative estimate of drug-likeness (QED) is 0.624. The number of thiophene rings is 1. The van der Waals surface area contributed by atoms with E-state index in [0.717, 1.165) is 37.8 Å². The lowest BCUT2D eigenvalue weighted by Gasteiger charge is -2.31. The summed E-state index contributed by atoms with van der Waals surface area (Å²) in [6.07, 6.45) is 1.19. The summed E-state index contributed by atoms with van der Waals surface area (Å²) in [7, 11) is 1.65. The zero-order valence-corrected chi connectivity index (χ0v) is 17.2. The summed E-state index contributed by atoms with van der Waals surface area (Å²) in [5, 5.41) is 10.5. The number of carboxylic acid groups (broad SMARTS) is 1. The first-order valence-corrected chi connectivity index (χ1v) is 10.3. The molecule has 0 amide bonds. The topological polar surface area (TPSA) is 75.6 Å². The number of hydrogen-bond donors (Lipinski definition) is 1. The molecule has 0 aliphatic carbocycles. The van der Waals surface area contributed by atoms with Gasteiger partial charge in [-0.25, -0.2) is 4.98 Å². The van der Waals surface area contributed by atoms with Crippen molar-refractivity contribution in [2.24, 2.45) is 5.92 Å². The van der Waals surface area contributed by atoms with E-state index in [2.05, 4.69) is 21.8 Å². The van der Waals surface area contributed by atoms with E-state index in [-0.39, 0.29) is 11.2 Å². The minimum atomic E-state index is -0.726. The van der Waals surface area contributed by atoms with Crippen molar-refractivity contribution in [2.75, 3.05) is 25.1 Å². The maximum Gasteiger partial charge on any atom is 0.306 e. The molecule has 1 fully saturated rings. The Labute approximate surface area is 171 Å². The van der Waals surface area contributed by atoms with E-state index in [1.807, 2.05) is 24.3 Å². The number of ether oxygens (including phenoxy) is 1. The van der Waals surface area contributed by atoms with Crippen LogP contribution in [0.15, 0.2) is 24.3 Å². The number of nitrogens with zero attached hydrogens (tertiary/aromatic N) is 3. The van der Waals surface area contributed by atoms with Gasteiger partial charge in [0, 0.05) is 23.5 Å². The third-order valence-corrected chi connectivity index (χ3v) is 6.37. The molecule has 8 heteroatoms. The molecule has 3 aromatic rings. The van der Waals surface area contributed by atoms with E-state index in [1.165, 1.54) is 0 Å². The van der Waals surface area contributed by atoms with Crippen LogP contribution in [-0.2, 0) is 4.79 Å². The lowest BCUT2D eigenvalue weighted by Crippen LogP contribution is -2.37. The first-order chi connectivity index (χ1) is 13.5. The van der Waals surface area contributed by atoms with E-state index in [0.29, 0.717) is 25.9 Å². The average molecular weight is 418 g/mol. The molecule has 0 radical (unpaired) electrons. The largest absolute Gasteiger partial charge is 0.497 e. The van der Waals surface area contributed by atoms with Gasteiger partial charge < -0.3 is 14.7 Å². The molecule has 0 saturated carbocycles. The Hall–Kier alpha value is -2.38. The Morgan fingerprint density at radius 3 is 2.54 bits per heavy atom. The fourth-order valence-electron chi connectivity index (χ4n) is 3.74. The molecule has 1 aromatic carbocycles. The Bertz CT molecular complexity index is 1030. The van der Waals surface area contributed by atoms with E-state index >= 15 is 0 Å². The molecular weight excluding hydrogens is 398 g/mol. The van der Waals surface area contributed by atoms with E-state index in [1.54, 1.807) is 18.4 Å². The highest BCUT2D eigenvalue weighted by atomic mass is 35.5. The van der Waals surface area contributed by atoms with Gasteiger partial charge in [-0.05, 0) is 49.1 Å². The fourth-order valence-corrected chi connectivity index (χ4v) is 4.99. The third kappa shape index (κ3) is 3.40. The minimum Gasteiger partial charge on any atom is -0.497 e. The van der Waals surface area contributed by atoms with Gasteiger partial charge in [-0.2, -0.15) is 4.98 Å². The number of halogens is 1. The summed E-state index contributed by atoms with van der Waals surface area (Å²) in [5.41, 5.74) is 2.16. The van der Waals surface area contributed by atoms with Gasteiger partial charge in [-0.1, -0.05) is 12.1 Å². The van der Waals surface area contributed by atoms with Crippen LogP contribution in [0.4, 0.5) is 5.82 Å². The number of rotatable bonds is 4. The van der Waals surface area contributed by atoms with Crippen LogP contribution in [0.2, 0.25) is 5.28 Å². The van der Waals surface area contributed by atoms with Crippen LogP contribution in [0.3, 0.4) is 0 Å². The lowest BCUT2D eigenvalue weighted by molar-refractivity contribution is -0.142. The van der Waals surface area contributed by atoms with Crippen LogP contribution in [0.25, 0.3) is 21.3 Å². The van der Waals surface area contributed by atoms with E-state index < -0.39 is 5.97 Å². The average Bonchev–Trinajstić information content (AvgIpc) is 3.03. The standard InChI is InChI=1S/C20H20ClN3O3S/c1-11-15(12-3-5-14(27-2)6-4-12)16-17(22-20(21)23-18(16)28-11)24-9-7-13(8-10-24)19(25)26/h3-6,13H,7-10H2,1-2H3,(H,25,26). The SMILES string of the molecule is COc1ccc(-c2c(C)sc3nc(Cl)nc(N4CCC(C(=O)O)CC4)c23)cc1. The number of carboxylic acids is 1. The van der Waals surface area contributed by atoms with E-state index in [4.69, 9.17) is 16.3 Å². The van der Waals surface area contributed by atoms with Gasteiger partial charge in [0.15, 0.2) is 0 Å². The predicted molar refractivity (Wildman–Crippen MR) is 112 cm³/mol. The molecule has 0 bridgehead atoms. The number of benzene rings is 1. The number of carbonyl (C=O) groups is 1. The van der Waals surface area contributed by atoms with Crippen molar-refractivity contribution in [2.45, 2.75) is 19.8 Å². The van der Waals surface area contributed by atoms with Gasteiger partial charge in [-0.15, -0.1) is 11.3 Å². The Morgan fingerprint density at radius 1 is 1.25 bits per heavy atom. The third-order valence-electron chi connectivity index (χ3n) is 5.20. The normalized spacial score (nSPS) is 15.2. The van der Waals surface area contributed by atoms with Crippen molar-refractivity contribution >= 4 is 44.9 Å². The highest BCUT2D eigenvalue weighted by Gasteiger charge is 2.28. The van der Waals surface area contributed by atoms with Crippen molar-refractivity contribution in [3.8, 4) is 16.9 Å². The molecule has 146 valence electrons. The molecule has 0 spiro atoms. The summed E-state index contributed by atoms with van der Waals surface area (Å²) >= 11 is 7.81. The van der Waals surface area contributed by atoms with Gasteiger partial charge in [0.2, 0.25) is 5.28 Å².